The molecule has 0 saturated carbocycles. The monoisotopic (exact) mass is 325 g/mol. The molecule has 0 aliphatic heterocycles. The van der Waals surface area contributed by atoms with Crippen molar-refractivity contribution >= 4 is 28.5 Å². The van der Waals surface area contributed by atoms with E-state index in [1.165, 1.54) is 7.05 Å². The van der Waals surface area contributed by atoms with Gasteiger partial charge in [0, 0.05) is 14.1 Å². The molecule has 0 aliphatic rings. The minimum Gasteiger partial charge on any atom is -0.480 e. The Morgan fingerprint density at radius 1 is 1.30 bits per heavy atom. The zero-order valence-electron chi connectivity index (χ0n) is 11.9. The zero-order chi connectivity index (χ0) is 17.5. The summed E-state index contributed by atoms with van der Waals surface area (Å²) < 4.78 is 1.57. The fourth-order valence-corrected chi connectivity index (χ4v) is 2.07. The fourth-order valence-electron chi connectivity index (χ4n) is 2.07. The van der Waals surface area contributed by atoms with Crippen LogP contribution in [-0.4, -0.2) is 36.7 Å². The highest BCUT2D eigenvalue weighted by molar-refractivity contribution is 5.82. The van der Waals surface area contributed by atoms with E-state index < -0.39 is 51.0 Å². The number of carboxylic acid groups (broad SMARTS) is 1. The Hall–Kier alpha value is -3.44. The van der Waals surface area contributed by atoms with Gasteiger partial charge in [0.25, 0.3) is 11.0 Å². The summed E-state index contributed by atoms with van der Waals surface area (Å²) in [5.74, 6) is -1.82. The minimum absolute atomic E-state index is 0.249. The van der Waals surface area contributed by atoms with Crippen LogP contribution in [0.5, 0.6) is 0 Å². The molecule has 12 heteroatoms. The highest BCUT2D eigenvalue weighted by Gasteiger charge is 2.26. The van der Waals surface area contributed by atoms with E-state index in [0.717, 1.165) is 11.6 Å². The van der Waals surface area contributed by atoms with Crippen molar-refractivity contribution in [1.82, 2.24) is 14.1 Å². The molecular formula is C11H11N5O7. The lowest BCUT2D eigenvalue weighted by molar-refractivity contribution is -0.385. The van der Waals surface area contributed by atoms with Crippen molar-refractivity contribution in [3.05, 3.63) is 41.2 Å². The summed E-state index contributed by atoms with van der Waals surface area (Å²) >= 11 is 0. The normalized spacial score (nSPS) is 10.7. The van der Waals surface area contributed by atoms with Gasteiger partial charge in [-0.1, -0.05) is 0 Å². The smallest absolute Gasteiger partial charge is 0.357 e. The van der Waals surface area contributed by atoms with Crippen LogP contribution in [0.2, 0.25) is 0 Å². The lowest BCUT2D eigenvalue weighted by atomic mass is 10.2. The second kappa shape index (κ2) is 5.40. The maximum atomic E-state index is 12.3. The van der Waals surface area contributed by atoms with Crippen LogP contribution < -0.4 is 22.0 Å². The predicted molar refractivity (Wildman–Crippen MR) is 77.8 cm³/mol. The van der Waals surface area contributed by atoms with E-state index in [-0.39, 0.29) is 5.65 Å². The molecule has 0 aliphatic carbocycles. The van der Waals surface area contributed by atoms with Crippen LogP contribution in [0.1, 0.15) is 0 Å². The molecule has 23 heavy (non-hydrogen) atoms. The number of nitrogens with zero attached hydrogens (tertiary/aromatic N) is 3. The number of hydrogen-bond acceptors (Lipinski definition) is 7. The van der Waals surface area contributed by atoms with E-state index in [0.29, 0.717) is 4.57 Å². The Kier molecular flexibility index (Phi) is 3.74. The summed E-state index contributed by atoms with van der Waals surface area (Å²) in [6.45, 7) is -0.707. The van der Waals surface area contributed by atoms with E-state index >= 15 is 0 Å². The van der Waals surface area contributed by atoms with Crippen molar-refractivity contribution in [2.45, 2.75) is 0 Å². The Morgan fingerprint density at radius 2 is 1.91 bits per heavy atom. The summed E-state index contributed by atoms with van der Waals surface area (Å²) in [6, 6.07) is 0. The highest BCUT2D eigenvalue weighted by atomic mass is 16.6. The van der Waals surface area contributed by atoms with E-state index in [2.05, 4.69) is 10.3 Å². The number of nitrogens with one attached hydrogen (secondary N) is 2. The maximum absolute atomic E-state index is 12.3. The van der Waals surface area contributed by atoms with E-state index in [1.807, 2.05) is 0 Å². The first-order valence-electron chi connectivity index (χ1n) is 6.12. The van der Waals surface area contributed by atoms with Gasteiger partial charge in [-0.05, 0) is 0 Å². The first-order valence-corrected chi connectivity index (χ1v) is 6.12. The molecule has 2 heterocycles. The van der Waals surface area contributed by atoms with Crippen LogP contribution in [0.4, 0.5) is 11.5 Å². The van der Waals surface area contributed by atoms with Gasteiger partial charge in [-0.25, -0.2) is 4.79 Å². The number of carboxylic acids is 1. The summed E-state index contributed by atoms with van der Waals surface area (Å²) in [5, 5.41) is 21.4. The molecule has 2 rings (SSSR count). The van der Waals surface area contributed by atoms with Crippen molar-refractivity contribution < 1.29 is 14.8 Å². The third-order valence-corrected chi connectivity index (χ3v) is 3.19. The van der Waals surface area contributed by atoms with Crippen LogP contribution in [0.15, 0.2) is 14.4 Å². The maximum Gasteiger partial charge on any atom is 0.357 e. The second-order valence-corrected chi connectivity index (χ2v) is 4.61. The lowest BCUT2D eigenvalue weighted by Gasteiger charge is -2.10. The number of aryl methyl sites for hydroxylation is 1. The molecule has 0 saturated heterocycles. The average Bonchev–Trinajstić information content (AvgIpc) is 2.47. The Bertz CT molecular complexity index is 1010. The Labute approximate surface area is 125 Å². The summed E-state index contributed by atoms with van der Waals surface area (Å²) in [5.41, 5.74) is -4.21. The topological polar surface area (TPSA) is 169 Å². The SMILES string of the molecule is Cn1c(=O)c2c(=O)c([N+](=O)[O-])c(NCC(=O)O)[nH]c2n(C)c1=O. The summed E-state index contributed by atoms with van der Waals surface area (Å²) in [7, 11) is 2.39. The molecule has 0 bridgehead atoms. The Morgan fingerprint density at radius 3 is 2.43 bits per heavy atom. The molecule has 3 N–H and O–H groups in total. The molecule has 0 amide bonds. The van der Waals surface area contributed by atoms with Crippen LogP contribution in [-0.2, 0) is 18.9 Å². The summed E-state index contributed by atoms with van der Waals surface area (Å²) in [6.07, 6.45) is 0. The van der Waals surface area contributed by atoms with Crippen molar-refractivity contribution in [2.24, 2.45) is 14.1 Å². The number of anilines is 1. The first-order chi connectivity index (χ1) is 10.7. The van der Waals surface area contributed by atoms with Crippen molar-refractivity contribution in [2.75, 3.05) is 11.9 Å². The van der Waals surface area contributed by atoms with Crippen molar-refractivity contribution in [3.8, 4) is 0 Å². The van der Waals surface area contributed by atoms with Gasteiger partial charge >= 0.3 is 17.3 Å². The third kappa shape index (κ3) is 2.45. The predicted octanol–water partition coefficient (Wildman–Crippen LogP) is -1.67. The number of aromatic nitrogens is 3. The number of aromatic amines is 1. The molecule has 0 fully saturated rings. The van der Waals surface area contributed by atoms with Gasteiger partial charge in [-0.3, -0.25) is 33.6 Å². The van der Waals surface area contributed by atoms with Gasteiger partial charge in [-0.15, -0.1) is 0 Å². The fraction of sp³-hybridized carbons (Fsp3) is 0.273. The number of H-pyrrole nitrogens is 1. The molecule has 0 spiro atoms. The molecule has 2 aromatic rings. The number of fused-ring (bicyclic) bond motifs is 1. The largest absolute Gasteiger partial charge is 0.480 e. The first kappa shape index (κ1) is 15.9. The number of nitro groups is 1. The highest BCUT2D eigenvalue weighted by Crippen LogP contribution is 2.19. The van der Waals surface area contributed by atoms with E-state index in [4.69, 9.17) is 5.11 Å². The van der Waals surface area contributed by atoms with E-state index in [1.54, 1.807) is 0 Å². The molecule has 0 unspecified atom stereocenters. The molecular weight excluding hydrogens is 314 g/mol. The number of rotatable bonds is 4. The number of hydrogen-bond donors (Lipinski definition) is 3. The lowest BCUT2D eigenvalue weighted by Crippen LogP contribution is -2.39. The summed E-state index contributed by atoms with van der Waals surface area (Å²) in [4.78, 5) is 59.3. The van der Waals surface area contributed by atoms with Crippen LogP contribution in [0.25, 0.3) is 11.0 Å². The number of carbonyl (C=O) groups is 1. The van der Waals surface area contributed by atoms with Gasteiger partial charge in [0.15, 0.2) is 5.82 Å². The molecule has 0 atom stereocenters. The van der Waals surface area contributed by atoms with Crippen LogP contribution in [0.3, 0.4) is 0 Å². The number of aliphatic carboxylic acids is 1. The van der Waals surface area contributed by atoms with Gasteiger partial charge in [0.2, 0.25) is 0 Å². The molecule has 12 nitrogen and oxygen atoms in total. The van der Waals surface area contributed by atoms with Crippen molar-refractivity contribution in [1.29, 1.82) is 0 Å². The van der Waals surface area contributed by atoms with Gasteiger partial charge in [0.1, 0.15) is 17.6 Å². The Balaban J connectivity index is 2.99. The third-order valence-electron chi connectivity index (χ3n) is 3.19. The van der Waals surface area contributed by atoms with Gasteiger partial charge in [0.05, 0.1) is 4.92 Å². The molecule has 0 radical (unpaired) electrons. The average molecular weight is 325 g/mol. The van der Waals surface area contributed by atoms with Crippen molar-refractivity contribution in [3.63, 3.8) is 0 Å². The van der Waals surface area contributed by atoms with Crippen LogP contribution in [0, 0.1) is 10.1 Å². The van der Waals surface area contributed by atoms with Gasteiger partial charge in [-0.2, -0.15) is 0 Å². The standard InChI is InChI=1S/C11H11N5O7/c1-14-9-5(10(20)15(2)11(14)21)7(19)6(16(22)23)8(13-9)12-3-4(17)18/h3H2,1-2H3,(H,17,18)(H2,12,13,19). The second-order valence-electron chi connectivity index (χ2n) is 4.61. The van der Waals surface area contributed by atoms with Gasteiger partial charge < -0.3 is 15.4 Å². The molecule has 122 valence electrons. The van der Waals surface area contributed by atoms with E-state index in [9.17, 15) is 29.3 Å². The van der Waals surface area contributed by atoms with Crippen LogP contribution >= 0.6 is 0 Å². The number of pyridine rings is 1. The zero-order valence-corrected chi connectivity index (χ0v) is 11.9. The molecule has 0 aromatic carbocycles. The molecule has 2 aromatic heterocycles. The minimum atomic E-state index is -1.32. The quantitative estimate of drug-likeness (QED) is 0.442.